The van der Waals surface area contributed by atoms with Gasteiger partial charge in [-0.05, 0) is 23.8 Å². The fourth-order valence-corrected chi connectivity index (χ4v) is 3.30. The van der Waals surface area contributed by atoms with E-state index in [9.17, 15) is 0 Å². The minimum atomic E-state index is 0.253. The van der Waals surface area contributed by atoms with Gasteiger partial charge in [0.25, 0.3) is 0 Å². The van der Waals surface area contributed by atoms with Crippen molar-refractivity contribution in [3.05, 3.63) is 22.7 Å². The van der Waals surface area contributed by atoms with E-state index < -0.39 is 0 Å². The van der Waals surface area contributed by atoms with E-state index in [0.717, 1.165) is 25.1 Å². The molecule has 2 unspecified atom stereocenters. The standard InChI is InChI=1S/C13H18N4OS/c1-9-4-11(14)6-17(5-9)7-12-15-13(16-18-12)10-2-3-19-8-10/h2-3,8-9,11H,4-7,14H2,1H3. The topological polar surface area (TPSA) is 68.2 Å². The van der Waals surface area contributed by atoms with Crippen molar-refractivity contribution in [3.63, 3.8) is 0 Å². The Kier molecular flexibility index (Phi) is 3.63. The van der Waals surface area contributed by atoms with Crippen LogP contribution in [0.5, 0.6) is 0 Å². The molecule has 3 rings (SSSR count). The summed E-state index contributed by atoms with van der Waals surface area (Å²) in [7, 11) is 0. The zero-order chi connectivity index (χ0) is 13.2. The molecule has 19 heavy (non-hydrogen) atoms. The van der Waals surface area contributed by atoms with Crippen LogP contribution in [0.1, 0.15) is 19.2 Å². The fourth-order valence-electron chi connectivity index (χ4n) is 2.66. The molecule has 1 aliphatic rings. The Bertz CT molecular complexity index is 514. The molecular weight excluding hydrogens is 260 g/mol. The predicted molar refractivity (Wildman–Crippen MR) is 74.6 cm³/mol. The van der Waals surface area contributed by atoms with Gasteiger partial charge in [0.1, 0.15) is 0 Å². The first-order valence-electron chi connectivity index (χ1n) is 6.54. The van der Waals surface area contributed by atoms with Crippen molar-refractivity contribution in [2.75, 3.05) is 13.1 Å². The van der Waals surface area contributed by atoms with Gasteiger partial charge in [0.05, 0.1) is 6.54 Å². The Morgan fingerprint density at radius 3 is 3.16 bits per heavy atom. The molecule has 2 atom stereocenters. The van der Waals surface area contributed by atoms with E-state index in [-0.39, 0.29) is 6.04 Å². The molecule has 0 saturated carbocycles. The Morgan fingerprint density at radius 1 is 1.53 bits per heavy atom. The quantitative estimate of drug-likeness (QED) is 0.929. The zero-order valence-electron chi connectivity index (χ0n) is 11.0. The van der Waals surface area contributed by atoms with Crippen molar-refractivity contribution in [1.29, 1.82) is 0 Å². The fraction of sp³-hybridized carbons (Fsp3) is 0.538. The smallest absolute Gasteiger partial charge is 0.241 e. The van der Waals surface area contributed by atoms with E-state index in [4.69, 9.17) is 10.3 Å². The molecule has 6 heteroatoms. The maximum atomic E-state index is 6.04. The van der Waals surface area contributed by atoms with Crippen LogP contribution >= 0.6 is 11.3 Å². The van der Waals surface area contributed by atoms with Crippen molar-refractivity contribution in [3.8, 4) is 11.4 Å². The van der Waals surface area contributed by atoms with E-state index in [2.05, 4.69) is 22.0 Å². The number of hydrogen-bond donors (Lipinski definition) is 1. The Hall–Kier alpha value is -1.24. The van der Waals surface area contributed by atoms with Gasteiger partial charge in [-0.3, -0.25) is 4.90 Å². The molecule has 2 N–H and O–H groups in total. The van der Waals surface area contributed by atoms with E-state index >= 15 is 0 Å². The molecule has 0 aromatic carbocycles. The summed E-state index contributed by atoms with van der Waals surface area (Å²) in [4.78, 5) is 6.74. The highest BCUT2D eigenvalue weighted by atomic mass is 32.1. The van der Waals surface area contributed by atoms with E-state index in [1.807, 2.05) is 16.8 Å². The number of likely N-dealkylation sites (tertiary alicyclic amines) is 1. The summed E-state index contributed by atoms with van der Waals surface area (Å²) in [5.74, 6) is 1.97. The normalized spacial score (nSPS) is 24.7. The molecule has 3 heterocycles. The summed E-state index contributed by atoms with van der Waals surface area (Å²) in [6.07, 6.45) is 1.10. The van der Waals surface area contributed by atoms with Crippen molar-refractivity contribution < 1.29 is 4.52 Å². The summed E-state index contributed by atoms with van der Waals surface area (Å²) >= 11 is 1.63. The van der Waals surface area contributed by atoms with E-state index in [0.29, 0.717) is 24.2 Å². The minimum Gasteiger partial charge on any atom is -0.338 e. The lowest BCUT2D eigenvalue weighted by atomic mass is 9.97. The van der Waals surface area contributed by atoms with Gasteiger partial charge in [0, 0.05) is 30.1 Å². The van der Waals surface area contributed by atoms with Crippen LogP contribution in [0.15, 0.2) is 21.3 Å². The van der Waals surface area contributed by atoms with Gasteiger partial charge in [-0.15, -0.1) is 0 Å². The van der Waals surface area contributed by atoms with Crippen molar-refractivity contribution in [2.24, 2.45) is 11.7 Å². The first-order chi connectivity index (χ1) is 9.20. The lowest BCUT2D eigenvalue weighted by Crippen LogP contribution is -2.45. The Labute approximate surface area is 116 Å². The zero-order valence-corrected chi connectivity index (χ0v) is 11.8. The molecular formula is C13H18N4OS. The van der Waals surface area contributed by atoms with Crippen LogP contribution in [0.3, 0.4) is 0 Å². The molecule has 102 valence electrons. The highest BCUT2D eigenvalue weighted by Gasteiger charge is 2.23. The molecule has 1 saturated heterocycles. The largest absolute Gasteiger partial charge is 0.338 e. The number of piperidine rings is 1. The van der Waals surface area contributed by atoms with Gasteiger partial charge in [-0.1, -0.05) is 12.1 Å². The van der Waals surface area contributed by atoms with Gasteiger partial charge in [0.2, 0.25) is 11.7 Å². The number of nitrogens with zero attached hydrogens (tertiary/aromatic N) is 3. The molecule has 1 fully saturated rings. The van der Waals surface area contributed by atoms with Crippen LogP contribution in [-0.2, 0) is 6.54 Å². The van der Waals surface area contributed by atoms with Crippen LogP contribution in [-0.4, -0.2) is 34.2 Å². The second-order valence-corrected chi connectivity index (χ2v) is 6.10. The molecule has 0 spiro atoms. The van der Waals surface area contributed by atoms with Crippen molar-refractivity contribution in [2.45, 2.75) is 25.9 Å². The Balaban J connectivity index is 1.67. The highest BCUT2D eigenvalue weighted by Crippen LogP contribution is 2.20. The van der Waals surface area contributed by atoms with Gasteiger partial charge in [-0.2, -0.15) is 16.3 Å². The third-order valence-corrected chi connectivity index (χ3v) is 4.06. The first-order valence-corrected chi connectivity index (χ1v) is 7.48. The van der Waals surface area contributed by atoms with Crippen LogP contribution in [0.25, 0.3) is 11.4 Å². The van der Waals surface area contributed by atoms with E-state index in [1.54, 1.807) is 11.3 Å². The van der Waals surface area contributed by atoms with Crippen LogP contribution in [0.4, 0.5) is 0 Å². The van der Waals surface area contributed by atoms with Crippen molar-refractivity contribution in [1.82, 2.24) is 15.0 Å². The summed E-state index contributed by atoms with van der Waals surface area (Å²) in [6.45, 7) is 4.87. The van der Waals surface area contributed by atoms with E-state index in [1.165, 1.54) is 0 Å². The average Bonchev–Trinajstić information content (AvgIpc) is 2.96. The molecule has 0 radical (unpaired) electrons. The summed E-state index contributed by atoms with van der Waals surface area (Å²) in [5, 5.41) is 8.06. The van der Waals surface area contributed by atoms with Gasteiger partial charge in [-0.25, -0.2) is 0 Å². The lowest BCUT2D eigenvalue weighted by molar-refractivity contribution is 0.142. The lowest BCUT2D eigenvalue weighted by Gasteiger charge is -2.33. The molecule has 0 bridgehead atoms. The number of rotatable bonds is 3. The monoisotopic (exact) mass is 278 g/mol. The maximum Gasteiger partial charge on any atom is 0.241 e. The van der Waals surface area contributed by atoms with Gasteiger partial charge >= 0.3 is 0 Å². The maximum absolute atomic E-state index is 6.04. The third kappa shape index (κ3) is 3.02. The predicted octanol–water partition coefficient (Wildman–Crippen LogP) is 1.97. The molecule has 2 aromatic rings. The average molecular weight is 278 g/mol. The number of nitrogens with two attached hydrogens (primary N) is 1. The summed E-state index contributed by atoms with van der Waals surface area (Å²) in [5.41, 5.74) is 7.06. The van der Waals surface area contributed by atoms with Crippen LogP contribution in [0.2, 0.25) is 0 Å². The van der Waals surface area contributed by atoms with Gasteiger partial charge < -0.3 is 10.3 Å². The summed E-state index contributed by atoms with van der Waals surface area (Å²) in [6, 6.07) is 2.25. The Morgan fingerprint density at radius 2 is 2.42 bits per heavy atom. The van der Waals surface area contributed by atoms with Crippen molar-refractivity contribution >= 4 is 11.3 Å². The van der Waals surface area contributed by atoms with Crippen LogP contribution < -0.4 is 5.73 Å². The molecule has 0 amide bonds. The second-order valence-electron chi connectivity index (χ2n) is 5.32. The molecule has 0 aliphatic carbocycles. The second kappa shape index (κ2) is 5.40. The third-order valence-electron chi connectivity index (χ3n) is 3.37. The first kappa shape index (κ1) is 12.8. The molecule has 5 nitrogen and oxygen atoms in total. The molecule has 2 aromatic heterocycles. The minimum absolute atomic E-state index is 0.253. The summed E-state index contributed by atoms with van der Waals surface area (Å²) < 4.78 is 5.32. The SMILES string of the molecule is CC1CC(N)CN(Cc2nc(-c3ccsc3)no2)C1. The van der Waals surface area contributed by atoms with Gasteiger partial charge in [0.15, 0.2) is 0 Å². The number of thiophene rings is 1. The number of hydrogen-bond acceptors (Lipinski definition) is 6. The highest BCUT2D eigenvalue weighted by molar-refractivity contribution is 7.08. The van der Waals surface area contributed by atoms with Crippen LogP contribution in [0, 0.1) is 5.92 Å². The number of aromatic nitrogens is 2. The molecule has 1 aliphatic heterocycles.